The van der Waals surface area contributed by atoms with Crippen LogP contribution in [0, 0.1) is 5.41 Å². The number of nitrogens with zero attached hydrogens (tertiary/aromatic N) is 2. The zero-order valence-corrected chi connectivity index (χ0v) is 12.4. The summed E-state index contributed by atoms with van der Waals surface area (Å²) in [5, 5.41) is 14.9. The molecule has 1 rings (SSSR count). The molecule has 2 N–H and O–H groups in total. The molecular weight excluding hydrogens is 311 g/mol. The largest absolute Gasteiger partial charge is 0.408 e. The fourth-order valence-electron chi connectivity index (χ4n) is 1.60. The van der Waals surface area contributed by atoms with Gasteiger partial charge in [-0.15, -0.1) is 0 Å². The number of aliphatic hydroxyl groups is 1. The van der Waals surface area contributed by atoms with Crippen molar-refractivity contribution in [2.45, 2.75) is 33.0 Å². The van der Waals surface area contributed by atoms with Gasteiger partial charge in [0.2, 0.25) is 0 Å². The summed E-state index contributed by atoms with van der Waals surface area (Å²) in [6.07, 6.45) is -2.93. The molecule has 0 fully saturated rings. The summed E-state index contributed by atoms with van der Waals surface area (Å²) >= 11 is 5.78. The van der Waals surface area contributed by atoms with E-state index in [1.807, 2.05) is 13.8 Å². The van der Waals surface area contributed by atoms with Crippen LogP contribution >= 0.6 is 11.6 Å². The number of hydrogen-bond donors (Lipinski definition) is 2. The van der Waals surface area contributed by atoms with Crippen LogP contribution in [0.4, 0.5) is 18.9 Å². The molecule has 120 valence electrons. The standard InChI is InChI=1S/C12H17ClF3N3O2/c1-11(2,3-4-20)6-17-8-5-18-19(7-12(14,15)16)10(21)9(8)13/h5,17,20H,3-4,6-7H2,1-2H3. The average molecular weight is 328 g/mol. The van der Waals surface area contributed by atoms with E-state index in [1.165, 1.54) is 0 Å². The highest BCUT2D eigenvalue weighted by Crippen LogP contribution is 2.23. The molecule has 1 aromatic rings. The van der Waals surface area contributed by atoms with Gasteiger partial charge < -0.3 is 10.4 Å². The predicted octanol–water partition coefficient (Wildman–Crippen LogP) is 2.28. The maximum atomic E-state index is 12.3. The van der Waals surface area contributed by atoms with Crippen molar-refractivity contribution in [2.24, 2.45) is 5.41 Å². The number of rotatable bonds is 6. The quantitative estimate of drug-likeness (QED) is 0.841. The van der Waals surface area contributed by atoms with E-state index in [4.69, 9.17) is 16.7 Å². The zero-order valence-electron chi connectivity index (χ0n) is 11.7. The number of aliphatic hydroxyl groups excluding tert-OH is 1. The lowest BCUT2D eigenvalue weighted by Crippen LogP contribution is -2.31. The minimum Gasteiger partial charge on any atom is -0.396 e. The number of halogens is 4. The highest BCUT2D eigenvalue weighted by molar-refractivity contribution is 6.32. The second-order valence-corrected chi connectivity index (χ2v) is 5.82. The van der Waals surface area contributed by atoms with Crippen LogP contribution in [0.2, 0.25) is 5.02 Å². The van der Waals surface area contributed by atoms with Crippen molar-refractivity contribution < 1.29 is 18.3 Å². The molecule has 5 nitrogen and oxygen atoms in total. The lowest BCUT2D eigenvalue weighted by molar-refractivity contribution is -0.143. The van der Waals surface area contributed by atoms with Crippen LogP contribution < -0.4 is 10.9 Å². The van der Waals surface area contributed by atoms with E-state index in [-0.39, 0.29) is 27.4 Å². The summed E-state index contributed by atoms with van der Waals surface area (Å²) in [6.45, 7) is 2.69. The van der Waals surface area contributed by atoms with E-state index in [0.717, 1.165) is 6.20 Å². The third-order valence-electron chi connectivity index (χ3n) is 2.86. The summed E-state index contributed by atoms with van der Waals surface area (Å²) in [6, 6.07) is 0. The van der Waals surface area contributed by atoms with Crippen molar-refractivity contribution in [1.29, 1.82) is 0 Å². The number of alkyl halides is 3. The molecule has 0 aliphatic carbocycles. The number of aromatic nitrogens is 2. The van der Waals surface area contributed by atoms with Crippen molar-refractivity contribution in [3.8, 4) is 0 Å². The van der Waals surface area contributed by atoms with Crippen molar-refractivity contribution in [3.63, 3.8) is 0 Å². The second-order valence-electron chi connectivity index (χ2n) is 5.44. The summed E-state index contributed by atoms with van der Waals surface area (Å²) in [5.74, 6) is 0. The maximum Gasteiger partial charge on any atom is 0.408 e. The molecule has 0 saturated heterocycles. The Morgan fingerprint density at radius 1 is 1.43 bits per heavy atom. The van der Waals surface area contributed by atoms with Gasteiger partial charge >= 0.3 is 6.18 Å². The molecule has 0 spiro atoms. The van der Waals surface area contributed by atoms with Gasteiger partial charge in [-0.05, 0) is 11.8 Å². The number of hydrogen-bond acceptors (Lipinski definition) is 4. The van der Waals surface area contributed by atoms with E-state index in [9.17, 15) is 18.0 Å². The van der Waals surface area contributed by atoms with Gasteiger partial charge in [0.25, 0.3) is 5.56 Å². The molecule has 0 unspecified atom stereocenters. The molecule has 1 aromatic heterocycles. The van der Waals surface area contributed by atoms with Gasteiger partial charge in [0.1, 0.15) is 11.6 Å². The third kappa shape index (κ3) is 5.55. The van der Waals surface area contributed by atoms with Gasteiger partial charge in [-0.1, -0.05) is 25.4 Å². The van der Waals surface area contributed by atoms with Gasteiger partial charge in [0, 0.05) is 13.2 Å². The van der Waals surface area contributed by atoms with Crippen LogP contribution in [0.3, 0.4) is 0 Å². The first-order chi connectivity index (χ1) is 9.56. The highest BCUT2D eigenvalue weighted by Gasteiger charge is 2.29. The highest BCUT2D eigenvalue weighted by atomic mass is 35.5. The van der Waals surface area contributed by atoms with E-state index >= 15 is 0 Å². The Labute approximate surface area is 124 Å². The van der Waals surface area contributed by atoms with E-state index < -0.39 is 18.3 Å². The van der Waals surface area contributed by atoms with Crippen LogP contribution in [0.5, 0.6) is 0 Å². The topological polar surface area (TPSA) is 67.2 Å². The predicted molar refractivity (Wildman–Crippen MR) is 73.5 cm³/mol. The normalized spacial score (nSPS) is 12.5. The summed E-state index contributed by atoms with van der Waals surface area (Å²) in [7, 11) is 0. The first-order valence-corrected chi connectivity index (χ1v) is 6.61. The van der Waals surface area contributed by atoms with Crippen molar-refractivity contribution in [3.05, 3.63) is 21.6 Å². The van der Waals surface area contributed by atoms with Crippen LogP contribution in [-0.2, 0) is 6.54 Å². The van der Waals surface area contributed by atoms with Crippen LogP contribution in [0.15, 0.2) is 11.0 Å². The Hall–Kier alpha value is -1.28. The van der Waals surface area contributed by atoms with Gasteiger partial charge in [-0.3, -0.25) is 4.79 Å². The van der Waals surface area contributed by atoms with Crippen molar-refractivity contribution in [2.75, 3.05) is 18.5 Å². The molecule has 21 heavy (non-hydrogen) atoms. The fraction of sp³-hybridized carbons (Fsp3) is 0.667. The lowest BCUT2D eigenvalue weighted by atomic mass is 9.90. The minimum absolute atomic E-state index is 0.00778. The second kappa shape index (κ2) is 6.65. The van der Waals surface area contributed by atoms with E-state index in [1.54, 1.807) is 0 Å². The molecule has 0 aliphatic heterocycles. The van der Waals surface area contributed by atoms with E-state index in [0.29, 0.717) is 13.0 Å². The minimum atomic E-state index is -4.54. The Balaban J connectivity index is 2.88. The Kier molecular flexibility index (Phi) is 5.63. The van der Waals surface area contributed by atoms with Crippen LogP contribution in [-0.4, -0.2) is 34.2 Å². The van der Waals surface area contributed by atoms with E-state index in [2.05, 4.69) is 10.4 Å². The molecule has 0 amide bonds. The molecular formula is C12H17ClF3N3O2. The summed E-state index contributed by atoms with van der Waals surface area (Å²) in [4.78, 5) is 11.7. The molecule has 9 heteroatoms. The number of anilines is 1. The Morgan fingerprint density at radius 3 is 2.57 bits per heavy atom. The van der Waals surface area contributed by atoms with Crippen molar-refractivity contribution in [1.82, 2.24) is 9.78 Å². The molecule has 0 bridgehead atoms. The molecule has 0 aromatic carbocycles. The monoisotopic (exact) mass is 327 g/mol. The van der Waals surface area contributed by atoms with Crippen LogP contribution in [0.25, 0.3) is 0 Å². The first-order valence-electron chi connectivity index (χ1n) is 6.23. The molecule has 0 aliphatic rings. The van der Waals surface area contributed by atoms with Gasteiger partial charge in [-0.2, -0.15) is 18.3 Å². The average Bonchev–Trinajstić information content (AvgIpc) is 2.32. The first kappa shape index (κ1) is 17.8. The summed E-state index contributed by atoms with van der Waals surface area (Å²) < 4.78 is 37.1. The van der Waals surface area contributed by atoms with Crippen molar-refractivity contribution >= 4 is 17.3 Å². The zero-order chi connectivity index (χ0) is 16.3. The molecule has 0 saturated carbocycles. The fourth-order valence-corrected chi connectivity index (χ4v) is 1.81. The third-order valence-corrected chi connectivity index (χ3v) is 3.23. The van der Waals surface area contributed by atoms with Gasteiger partial charge in [0.05, 0.1) is 11.9 Å². The lowest BCUT2D eigenvalue weighted by Gasteiger charge is -2.24. The molecule has 1 heterocycles. The smallest absolute Gasteiger partial charge is 0.396 e. The number of nitrogens with one attached hydrogen (secondary N) is 1. The van der Waals surface area contributed by atoms with Crippen LogP contribution in [0.1, 0.15) is 20.3 Å². The Bertz CT molecular complexity index is 544. The molecule has 0 radical (unpaired) electrons. The van der Waals surface area contributed by atoms with Gasteiger partial charge in [-0.25, -0.2) is 4.68 Å². The van der Waals surface area contributed by atoms with Gasteiger partial charge in [0.15, 0.2) is 0 Å². The summed E-state index contributed by atoms with van der Waals surface area (Å²) in [5.41, 5.74) is -1.09. The maximum absolute atomic E-state index is 12.3. The SMILES string of the molecule is CC(C)(CCO)CNc1cnn(CC(F)(F)F)c(=O)c1Cl. The Morgan fingerprint density at radius 2 is 2.05 bits per heavy atom. The molecule has 0 atom stereocenters.